The van der Waals surface area contributed by atoms with E-state index in [-0.39, 0.29) is 5.75 Å². The average molecular weight is 258 g/mol. The molecule has 3 aromatic rings. The fraction of sp³-hybridized carbons (Fsp3) is 0.0833. The lowest BCUT2D eigenvalue weighted by molar-refractivity contribution is 0.462. The molecule has 0 aliphatic carbocycles. The van der Waals surface area contributed by atoms with Crippen LogP contribution < -0.4 is 0 Å². The van der Waals surface area contributed by atoms with Crippen molar-refractivity contribution in [1.29, 1.82) is 0 Å². The summed E-state index contributed by atoms with van der Waals surface area (Å²) in [6.45, 7) is 1.91. The van der Waals surface area contributed by atoms with Crippen LogP contribution in [-0.4, -0.2) is 24.7 Å². The van der Waals surface area contributed by atoms with Crippen molar-refractivity contribution >= 4 is 17.5 Å². The van der Waals surface area contributed by atoms with E-state index >= 15 is 0 Å². The Morgan fingerprint density at radius 2 is 2.11 bits per heavy atom. The van der Waals surface area contributed by atoms with E-state index in [4.69, 9.17) is 0 Å². The van der Waals surface area contributed by atoms with Gasteiger partial charge >= 0.3 is 0 Å². The van der Waals surface area contributed by atoms with E-state index in [2.05, 4.69) is 15.1 Å². The number of fused-ring (bicyclic) bond motifs is 1. The Morgan fingerprint density at radius 3 is 2.94 bits per heavy atom. The van der Waals surface area contributed by atoms with Crippen LogP contribution in [0, 0.1) is 6.92 Å². The molecule has 6 heteroatoms. The number of hydrogen-bond acceptors (Lipinski definition) is 5. The molecule has 1 N–H and O–H groups in total. The van der Waals surface area contributed by atoms with E-state index in [1.165, 1.54) is 18.1 Å². The molecule has 5 nitrogen and oxygen atoms in total. The van der Waals surface area contributed by atoms with Crippen LogP contribution in [0.2, 0.25) is 0 Å². The number of phenols is 1. The van der Waals surface area contributed by atoms with Crippen LogP contribution in [0.1, 0.15) is 5.69 Å². The minimum Gasteiger partial charge on any atom is -0.507 e. The molecule has 0 spiro atoms. The molecule has 2 aromatic heterocycles. The fourth-order valence-electron chi connectivity index (χ4n) is 1.63. The summed E-state index contributed by atoms with van der Waals surface area (Å²) < 4.78 is 1.66. The Hall–Kier alpha value is -2.08. The largest absolute Gasteiger partial charge is 0.507 e. The van der Waals surface area contributed by atoms with Crippen molar-refractivity contribution in [2.75, 3.05) is 0 Å². The number of benzene rings is 1. The Bertz CT molecular complexity index is 710. The molecule has 0 fully saturated rings. The van der Waals surface area contributed by atoms with Crippen molar-refractivity contribution in [2.45, 2.75) is 16.8 Å². The van der Waals surface area contributed by atoms with Crippen LogP contribution in [0.4, 0.5) is 0 Å². The Kier molecular flexibility index (Phi) is 2.64. The predicted octanol–water partition coefficient (Wildman–Crippen LogP) is 2.29. The number of hydrogen-bond donors (Lipinski definition) is 1. The summed E-state index contributed by atoms with van der Waals surface area (Å²) in [4.78, 5) is 9.12. The fourth-order valence-corrected chi connectivity index (χ4v) is 2.62. The number of aryl methyl sites for hydroxylation is 1. The third-order valence-corrected chi connectivity index (χ3v) is 3.49. The Balaban J connectivity index is 2.10. The summed E-state index contributed by atoms with van der Waals surface area (Å²) in [5.41, 5.74) is 0.869. The van der Waals surface area contributed by atoms with Gasteiger partial charge in [0.2, 0.25) is 0 Å². The first-order valence-corrected chi connectivity index (χ1v) is 6.19. The number of para-hydroxylation sites is 1. The highest BCUT2D eigenvalue weighted by atomic mass is 32.2. The van der Waals surface area contributed by atoms with Crippen LogP contribution >= 0.6 is 11.8 Å². The quantitative estimate of drug-likeness (QED) is 0.714. The van der Waals surface area contributed by atoms with E-state index < -0.39 is 0 Å². The van der Waals surface area contributed by atoms with Crippen LogP contribution in [0.15, 0.2) is 46.6 Å². The third-order valence-electron chi connectivity index (χ3n) is 2.43. The molecule has 0 saturated heterocycles. The van der Waals surface area contributed by atoms with Crippen LogP contribution in [0.3, 0.4) is 0 Å². The third kappa shape index (κ3) is 1.91. The molecule has 0 atom stereocenters. The summed E-state index contributed by atoms with van der Waals surface area (Å²) in [7, 11) is 0. The highest BCUT2D eigenvalue weighted by Gasteiger charge is 2.09. The SMILES string of the molecule is Cc1cc(Sc2ccccc2O)n2ncnc2n1. The number of phenolic OH excluding ortho intramolecular Hbond substituents is 1. The zero-order valence-electron chi connectivity index (χ0n) is 9.61. The molecule has 0 radical (unpaired) electrons. The maximum atomic E-state index is 9.78. The summed E-state index contributed by atoms with van der Waals surface area (Å²) in [6, 6.07) is 9.11. The van der Waals surface area contributed by atoms with E-state index in [0.29, 0.717) is 5.78 Å². The first-order valence-electron chi connectivity index (χ1n) is 5.37. The predicted molar refractivity (Wildman–Crippen MR) is 67.7 cm³/mol. The lowest BCUT2D eigenvalue weighted by Gasteiger charge is -2.06. The van der Waals surface area contributed by atoms with Crippen molar-refractivity contribution < 1.29 is 5.11 Å². The molecule has 90 valence electrons. The molecule has 0 saturated carbocycles. The number of nitrogens with zero attached hydrogens (tertiary/aromatic N) is 4. The van der Waals surface area contributed by atoms with E-state index in [9.17, 15) is 5.11 Å². The number of rotatable bonds is 2. The Labute approximate surface area is 108 Å². The standard InChI is InChI=1S/C12H10N4OS/c1-8-6-11(16-12(15-8)13-7-14-16)18-10-5-3-2-4-9(10)17/h2-7,17H,1H3. The van der Waals surface area contributed by atoms with E-state index in [1.54, 1.807) is 16.6 Å². The summed E-state index contributed by atoms with van der Waals surface area (Å²) >= 11 is 1.43. The molecule has 0 bridgehead atoms. The van der Waals surface area contributed by atoms with Crippen molar-refractivity contribution in [3.05, 3.63) is 42.4 Å². The van der Waals surface area contributed by atoms with Gasteiger partial charge in [-0.1, -0.05) is 23.9 Å². The molecule has 1 aromatic carbocycles. The van der Waals surface area contributed by atoms with Gasteiger partial charge in [-0.25, -0.2) is 4.98 Å². The van der Waals surface area contributed by atoms with E-state index in [0.717, 1.165) is 15.6 Å². The second-order valence-electron chi connectivity index (χ2n) is 3.78. The van der Waals surface area contributed by atoms with E-state index in [1.807, 2.05) is 25.1 Å². The lowest BCUT2D eigenvalue weighted by atomic mass is 10.3. The number of aromatic nitrogens is 4. The molecule has 2 heterocycles. The van der Waals surface area contributed by atoms with Gasteiger partial charge in [0.1, 0.15) is 17.1 Å². The topological polar surface area (TPSA) is 63.3 Å². The van der Waals surface area contributed by atoms with Gasteiger partial charge < -0.3 is 5.11 Å². The molecule has 0 unspecified atom stereocenters. The first-order chi connectivity index (χ1) is 8.74. The maximum Gasteiger partial charge on any atom is 0.253 e. The van der Waals surface area contributed by atoms with Crippen LogP contribution in [0.25, 0.3) is 5.78 Å². The summed E-state index contributed by atoms with van der Waals surface area (Å²) in [5, 5.41) is 14.8. The van der Waals surface area contributed by atoms with Gasteiger partial charge in [0, 0.05) is 5.69 Å². The van der Waals surface area contributed by atoms with Crippen molar-refractivity contribution in [3.8, 4) is 5.75 Å². The molecule has 0 aliphatic rings. The highest BCUT2D eigenvalue weighted by molar-refractivity contribution is 7.99. The molecule has 18 heavy (non-hydrogen) atoms. The minimum absolute atomic E-state index is 0.255. The maximum absolute atomic E-state index is 9.78. The molecular formula is C12H10N4OS. The normalized spacial score (nSPS) is 10.9. The first kappa shape index (κ1) is 11.0. The van der Waals surface area contributed by atoms with Crippen molar-refractivity contribution in [3.63, 3.8) is 0 Å². The van der Waals surface area contributed by atoms with Gasteiger partial charge in [-0.05, 0) is 25.1 Å². The Morgan fingerprint density at radius 1 is 1.28 bits per heavy atom. The van der Waals surface area contributed by atoms with Gasteiger partial charge in [0.15, 0.2) is 0 Å². The van der Waals surface area contributed by atoms with Gasteiger partial charge in [-0.15, -0.1) is 0 Å². The van der Waals surface area contributed by atoms with Crippen molar-refractivity contribution in [1.82, 2.24) is 19.6 Å². The zero-order chi connectivity index (χ0) is 12.5. The van der Waals surface area contributed by atoms with Crippen LogP contribution in [0.5, 0.6) is 5.75 Å². The molecule has 0 aliphatic heterocycles. The van der Waals surface area contributed by atoms with Gasteiger partial charge in [0.05, 0.1) is 4.90 Å². The summed E-state index contributed by atoms with van der Waals surface area (Å²) in [6.07, 6.45) is 1.47. The average Bonchev–Trinajstić information content (AvgIpc) is 2.80. The van der Waals surface area contributed by atoms with Gasteiger partial charge in [0.25, 0.3) is 5.78 Å². The number of aromatic hydroxyl groups is 1. The van der Waals surface area contributed by atoms with Gasteiger partial charge in [-0.2, -0.15) is 14.6 Å². The second kappa shape index (κ2) is 4.30. The molecule has 0 amide bonds. The van der Waals surface area contributed by atoms with Gasteiger partial charge in [-0.3, -0.25) is 0 Å². The summed E-state index contributed by atoms with van der Waals surface area (Å²) in [5.74, 6) is 0.818. The van der Waals surface area contributed by atoms with Crippen molar-refractivity contribution in [2.24, 2.45) is 0 Å². The minimum atomic E-state index is 0.255. The highest BCUT2D eigenvalue weighted by Crippen LogP contribution is 2.33. The second-order valence-corrected chi connectivity index (χ2v) is 4.84. The van der Waals surface area contributed by atoms with Crippen LogP contribution in [-0.2, 0) is 0 Å². The zero-order valence-corrected chi connectivity index (χ0v) is 10.4. The molecular weight excluding hydrogens is 248 g/mol. The monoisotopic (exact) mass is 258 g/mol. The molecule has 3 rings (SSSR count). The smallest absolute Gasteiger partial charge is 0.253 e. The lowest BCUT2D eigenvalue weighted by Crippen LogP contribution is -1.97.